The summed E-state index contributed by atoms with van der Waals surface area (Å²) in [4.78, 5) is 29.9. The minimum absolute atomic E-state index is 0.0435. The van der Waals surface area contributed by atoms with E-state index in [2.05, 4.69) is 87.0 Å². The molecule has 8 heteroatoms. The van der Waals surface area contributed by atoms with E-state index in [1.54, 1.807) is 6.20 Å². The number of benzene rings is 1. The van der Waals surface area contributed by atoms with Crippen LogP contribution in [-0.4, -0.2) is 42.8 Å². The van der Waals surface area contributed by atoms with Gasteiger partial charge in [0.05, 0.1) is 11.7 Å². The third kappa shape index (κ3) is 4.21. The van der Waals surface area contributed by atoms with Gasteiger partial charge in [0.2, 0.25) is 5.95 Å². The third-order valence-corrected chi connectivity index (χ3v) is 7.73. The molecule has 6 rings (SSSR count). The van der Waals surface area contributed by atoms with Crippen LogP contribution in [0.1, 0.15) is 75.9 Å². The summed E-state index contributed by atoms with van der Waals surface area (Å²) in [5, 5.41) is 3.97. The molecule has 4 aromatic rings. The molecular weight excluding hydrogens is 474 g/mol. The van der Waals surface area contributed by atoms with Crippen LogP contribution >= 0.6 is 0 Å². The average molecular weight is 512 g/mol. The quantitative estimate of drug-likeness (QED) is 0.396. The Hall–Kier alpha value is -3.52. The Balaban J connectivity index is 1.46. The first-order valence-electron chi connectivity index (χ1n) is 13.5. The van der Waals surface area contributed by atoms with Crippen LogP contribution in [0.4, 0.5) is 11.6 Å². The lowest BCUT2D eigenvalue weighted by molar-refractivity contribution is 0.235. The standard InChI is InChI=1S/C30H37N7O/c1-18-12-20(13-19-16-35(7)17-30(5,6)25(18)19)33-28-32-15-23-26(34-28)36(37(27(23)38)21-8-9-21)22-10-11-31-24(14-22)29(2,3)4/h10-15,21H,8-9,16-17H2,1-7H3,(H,32,33,34). The predicted molar refractivity (Wildman–Crippen MR) is 152 cm³/mol. The van der Waals surface area contributed by atoms with Gasteiger partial charge >= 0.3 is 0 Å². The van der Waals surface area contributed by atoms with Crippen LogP contribution in [0.2, 0.25) is 0 Å². The fraction of sp³-hybridized carbons (Fsp3) is 0.467. The SMILES string of the molecule is Cc1cc(Nc2ncc3c(=O)n(C4CC4)n(-c4ccnc(C(C)(C)C)c4)c3n2)cc2c1C(C)(C)CN(C)C2. The van der Waals surface area contributed by atoms with E-state index < -0.39 is 0 Å². The Labute approximate surface area is 223 Å². The molecule has 0 atom stereocenters. The molecule has 1 aromatic carbocycles. The fourth-order valence-corrected chi connectivity index (χ4v) is 6.17. The van der Waals surface area contributed by atoms with Gasteiger partial charge in [-0.3, -0.25) is 9.78 Å². The van der Waals surface area contributed by atoms with Gasteiger partial charge in [-0.05, 0) is 67.8 Å². The van der Waals surface area contributed by atoms with Gasteiger partial charge in [-0.2, -0.15) is 4.98 Å². The van der Waals surface area contributed by atoms with Gasteiger partial charge in [0, 0.05) is 47.7 Å². The number of rotatable bonds is 4. The molecule has 0 unspecified atom stereocenters. The molecule has 38 heavy (non-hydrogen) atoms. The summed E-state index contributed by atoms with van der Waals surface area (Å²) in [7, 11) is 2.17. The molecular formula is C30H37N7O. The number of hydrogen-bond donors (Lipinski definition) is 1. The Morgan fingerprint density at radius 1 is 1.11 bits per heavy atom. The summed E-state index contributed by atoms with van der Waals surface area (Å²) in [5.41, 5.74) is 7.40. The second kappa shape index (κ2) is 8.50. The number of nitrogens with zero attached hydrogens (tertiary/aromatic N) is 6. The molecule has 1 aliphatic heterocycles. The lowest BCUT2D eigenvalue weighted by Crippen LogP contribution is -2.40. The largest absolute Gasteiger partial charge is 0.324 e. The summed E-state index contributed by atoms with van der Waals surface area (Å²) in [5.74, 6) is 0.479. The molecule has 0 spiro atoms. The summed E-state index contributed by atoms with van der Waals surface area (Å²) >= 11 is 0. The van der Waals surface area contributed by atoms with E-state index in [1.807, 2.05) is 21.6 Å². The first kappa shape index (κ1) is 24.8. The van der Waals surface area contributed by atoms with Crippen molar-refractivity contribution in [2.45, 2.75) is 77.8 Å². The highest BCUT2D eigenvalue weighted by molar-refractivity contribution is 5.77. The Morgan fingerprint density at radius 2 is 1.87 bits per heavy atom. The normalized spacial score (nSPS) is 17.6. The second-order valence-electron chi connectivity index (χ2n) is 12.8. The smallest absolute Gasteiger partial charge is 0.278 e. The van der Waals surface area contributed by atoms with Crippen molar-refractivity contribution in [1.29, 1.82) is 0 Å². The van der Waals surface area contributed by atoms with Crippen LogP contribution in [0.25, 0.3) is 16.7 Å². The van der Waals surface area contributed by atoms with Crippen molar-refractivity contribution in [2.24, 2.45) is 0 Å². The first-order chi connectivity index (χ1) is 17.9. The molecule has 0 amide bonds. The van der Waals surface area contributed by atoms with E-state index in [1.165, 1.54) is 16.7 Å². The molecule has 8 nitrogen and oxygen atoms in total. The van der Waals surface area contributed by atoms with E-state index in [-0.39, 0.29) is 22.4 Å². The van der Waals surface area contributed by atoms with E-state index in [0.29, 0.717) is 17.0 Å². The predicted octanol–water partition coefficient (Wildman–Crippen LogP) is 5.38. The van der Waals surface area contributed by atoms with Crippen LogP contribution in [0, 0.1) is 6.92 Å². The number of likely N-dealkylation sites (N-methyl/N-ethyl adjacent to an activating group) is 1. The van der Waals surface area contributed by atoms with Gasteiger partial charge in [-0.1, -0.05) is 34.6 Å². The molecule has 1 saturated carbocycles. The Kier molecular flexibility index (Phi) is 5.54. The fourth-order valence-electron chi connectivity index (χ4n) is 6.17. The van der Waals surface area contributed by atoms with Gasteiger partial charge in [0.25, 0.3) is 5.56 Å². The van der Waals surface area contributed by atoms with Crippen molar-refractivity contribution in [3.05, 3.63) is 69.4 Å². The zero-order valence-corrected chi connectivity index (χ0v) is 23.5. The summed E-state index contributed by atoms with van der Waals surface area (Å²) in [6, 6.07) is 8.60. The number of fused-ring (bicyclic) bond motifs is 2. The number of anilines is 2. The monoisotopic (exact) mass is 511 g/mol. The first-order valence-corrected chi connectivity index (χ1v) is 13.5. The van der Waals surface area contributed by atoms with E-state index in [4.69, 9.17) is 4.98 Å². The minimum Gasteiger partial charge on any atom is -0.324 e. The molecule has 1 fully saturated rings. The molecule has 1 N–H and O–H groups in total. The van der Waals surface area contributed by atoms with Crippen molar-refractivity contribution in [2.75, 3.05) is 18.9 Å². The molecule has 2 aliphatic rings. The maximum atomic E-state index is 13.5. The Morgan fingerprint density at radius 3 is 2.58 bits per heavy atom. The highest BCUT2D eigenvalue weighted by Gasteiger charge is 2.33. The van der Waals surface area contributed by atoms with Crippen molar-refractivity contribution in [1.82, 2.24) is 29.2 Å². The van der Waals surface area contributed by atoms with Crippen LogP contribution in [-0.2, 0) is 17.4 Å². The number of aromatic nitrogens is 5. The number of hydrogen-bond acceptors (Lipinski definition) is 6. The molecule has 3 aromatic heterocycles. The van der Waals surface area contributed by atoms with Crippen LogP contribution < -0.4 is 10.9 Å². The summed E-state index contributed by atoms with van der Waals surface area (Å²) < 4.78 is 3.82. The molecule has 198 valence electrons. The van der Waals surface area contributed by atoms with Gasteiger partial charge in [-0.15, -0.1) is 0 Å². The van der Waals surface area contributed by atoms with Crippen molar-refractivity contribution in [3.63, 3.8) is 0 Å². The Bertz CT molecular complexity index is 1620. The maximum absolute atomic E-state index is 13.5. The molecule has 0 bridgehead atoms. The zero-order chi connectivity index (χ0) is 27.0. The lowest BCUT2D eigenvalue weighted by Gasteiger charge is -2.39. The van der Waals surface area contributed by atoms with Crippen molar-refractivity contribution >= 4 is 22.7 Å². The highest BCUT2D eigenvalue weighted by Crippen LogP contribution is 2.38. The number of pyridine rings is 1. The van der Waals surface area contributed by atoms with Crippen molar-refractivity contribution in [3.8, 4) is 5.69 Å². The topological polar surface area (TPSA) is 80.9 Å². The molecule has 0 saturated heterocycles. The van der Waals surface area contributed by atoms with Crippen LogP contribution in [0.3, 0.4) is 0 Å². The van der Waals surface area contributed by atoms with E-state index >= 15 is 0 Å². The summed E-state index contributed by atoms with van der Waals surface area (Å²) in [6.45, 7) is 15.2. The van der Waals surface area contributed by atoms with Gasteiger partial charge in [-0.25, -0.2) is 14.3 Å². The number of aryl methyl sites for hydroxylation is 1. The minimum atomic E-state index is -0.113. The molecule has 1 aliphatic carbocycles. The lowest BCUT2D eigenvalue weighted by atomic mass is 9.76. The zero-order valence-electron chi connectivity index (χ0n) is 23.5. The average Bonchev–Trinajstić information content (AvgIpc) is 3.61. The molecule has 4 heterocycles. The van der Waals surface area contributed by atoms with Gasteiger partial charge in [0.1, 0.15) is 5.39 Å². The second-order valence-corrected chi connectivity index (χ2v) is 12.8. The number of nitrogens with one attached hydrogen (secondary N) is 1. The van der Waals surface area contributed by atoms with E-state index in [9.17, 15) is 4.79 Å². The van der Waals surface area contributed by atoms with Crippen LogP contribution in [0.15, 0.2) is 41.5 Å². The maximum Gasteiger partial charge on any atom is 0.278 e. The molecule has 0 radical (unpaired) electrons. The third-order valence-electron chi connectivity index (χ3n) is 7.73. The summed E-state index contributed by atoms with van der Waals surface area (Å²) in [6.07, 6.45) is 5.46. The van der Waals surface area contributed by atoms with Gasteiger partial charge in [0.15, 0.2) is 5.65 Å². The van der Waals surface area contributed by atoms with Crippen LogP contribution in [0.5, 0.6) is 0 Å². The van der Waals surface area contributed by atoms with Crippen molar-refractivity contribution < 1.29 is 0 Å². The van der Waals surface area contributed by atoms with E-state index in [0.717, 1.165) is 43.0 Å². The van der Waals surface area contributed by atoms with Gasteiger partial charge < -0.3 is 10.2 Å². The highest BCUT2D eigenvalue weighted by atomic mass is 16.1.